The molecule has 2 N–H and O–H groups in total. The summed E-state index contributed by atoms with van der Waals surface area (Å²) in [7, 11) is 0. The van der Waals surface area contributed by atoms with Crippen LogP contribution in [0.1, 0.15) is 40.1 Å². The van der Waals surface area contributed by atoms with E-state index in [9.17, 15) is 9.59 Å². The molecule has 0 saturated heterocycles. The van der Waals surface area contributed by atoms with Crippen molar-refractivity contribution in [2.24, 2.45) is 5.73 Å². The van der Waals surface area contributed by atoms with E-state index >= 15 is 0 Å². The number of ether oxygens (including phenoxy) is 1. The number of rotatable bonds is 4. The van der Waals surface area contributed by atoms with Crippen LogP contribution in [0.15, 0.2) is 24.8 Å². The van der Waals surface area contributed by atoms with E-state index in [1.807, 2.05) is 0 Å². The number of esters is 1. The van der Waals surface area contributed by atoms with Gasteiger partial charge in [-0.25, -0.2) is 4.79 Å². The molecule has 0 fully saturated rings. The molecule has 1 aromatic rings. The lowest BCUT2D eigenvalue weighted by Gasteiger charge is -2.11. The third kappa shape index (κ3) is 2.72. The Kier molecular flexibility index (Phi) is 4.04. The van der Waals surface area contributed by atoms with Gasteiger partial charge in [0.1, 0.15) is 0 Å². The summed E-state index contributed by atoms with van der Waals surface area (Å²) in [6, 6.07) is 4.75. The molecule has 0 aliphatic heterocycles. The van der Waals surface area contributed by atoms with Gasteiger partial charge in [-0.15, -0.1) is 0 Å². The van der Waals surface area contributed by atoms with Gasteiger partial charge in [0.25, 0.3) is 0 Å². The number of nitrogens with two attached hydrogens (primary N) is 1. The van der Waals surface area contributed by atoms with Crippen LogP contribution in [0.25, 0.3) is 5.57 Å². The van der Waals surface area contributed by atoms with Crippen LogP contribution in [0.4, 0.5) is 0 Å². The van der Waals surface area contributed by atoms with Crippen molar-refractivity contribution in [1.29, 1.82) is 0 Å². The number of carbonyl (C=O) groups is 2. The van der Waals surface area contributed by atoms with Crippen LogP contribution in [0.5, 0.6) is 0 Å². The summed E-state index contributed by atoms with van der Waals surface area (Å²) in [5.74, 6) is -1.07. The highest BCUT2D eigenvalue weighted by Crippen LogP contribution is 2.22. The first-order valence-corrected chi connectivity index (χ1v) is 5.24. The number of allylic oxidation sites excluding steroid dienone is 1. The maximum atomic E-state index is 11.7. The first-order chi connectivity index (χ1) is 7.99. The number of hydrogen-bond donors (Lipinski definition) is 1. The lowest BCUT2D eigenvalue weighted by molar-refractivity contribution is 0.0526. The van der Waals surface area contributed by atoms with Crippen LogP contribution >= 0.6 is 0 Å². The second kappa shape index (κ2) is 5.30. The molecule has 0 spiro atoms. The van der Waals surface area contributed by atoms with Crippen LogP contribution in [-0.4, -0.2) is 18.5 Å². The zero-order valence-corrected chi connectivity index (χ0v) is 9.95. The predicted octanol–water partition coefficient (Wildman–Crippen LogP) is 2.00. The quantitative estimate of drug-likeness (QED) is 0.808. The molecule has 0 bridgehead atoms. The molecular weight excluding hydrogens is 218 g/mol. The Morgan fingerprint density at radius 1 is 1.35 bits per heavy atom. The number of amides is 1. The Hall–Kier alpha value is -2.10. The second-order valence-corrected chi connectivity index (χ2v) is 3.59. The fourth-order valence-electron chi connectivity index (χ4n) is 1.60. The van der Waals surface area contributed by atoms with Crippen molar-refractivity contribution in [1.82, 2.24) is 0 Å². The van der Waals surface area contributed by atoms with Gasteiger partial charge in [0.2, 0.25) is 5.91 Å². The Morgan fingerprint density at radius 2 is 1.94 bits per heavy atom. The predicted molar refractivity (Wildman–Crippen MR) is 65.6 cm³/mol. The Bertz CT molecular complexity index is 478. The highest BCUT2D eigenvalue weighted by Gasteiger charge is 2.18. The van der Waals surface area contributed by atoms with E-state index in [1.165, 1.54) is 0 Å². The van der Waals surface area contributed by atoms with Crippen LogP contribution in [-0.2, 0) is 4.74 Å². The van der Waals surface area contributed by atoms with Gasteiger partial charge in [-0.05, 0) is 31.6 Å². The first kappa shape index (κ1) is 13.0. The SMILES string of the molecule is C=C(C)c1c(C(N)=O)cccc1C(=O)OCC. The summed E-state index contributed by atoms with van der Waals surface area (Å²) >= 11 is 0. The van der Waals surface area contributed by atoms with E-state index in [0.717, 1.165) is 0 Å². The van der Waals surface area contributed by atoms with Crippen LogP contribution in [0, 0.1) is 0 Å². The average Bonchev–Trinajstić information content (AvgIpc) is 2.28. The highest BCUT2D eigenvalue weighted by atomic mass is 16.5. The molecule has 0 saturated carbocycles. The fraction of sp³-hybridized carbons (Fsp3) is 0.231. The summed E-state index contributed by atoms with van der Waals surface area (Å²) in [6.07, 6.45) is 0. The second-order valence-electron chi connectivity index (χ2n) is 3.59. The fourth-order valence-corrected chi connectivity index (χ4v) is 1.60. The van der Waals surface area contributed by atoms with Gasteiger partial charge in [-0.1, -0.05) is 12.6 Å². The normalized spacial score (nSPS) is 9.76. The Balaban J connectivity index is 3.40. The summed E-state index contributed by atoms with van der Waals surface area (Å²) in [6.45, 7) is 7.46. The van der Waals surface area contributed by atoms with Gasteiger partial charge < -0.3 is 10.5 Å². The maximum Gasteiger partial charge on any atom is 0.338 e. The molecule has 0 unspecified atom stereocenters. The van der Waals surface area contributed by atoms with E-state index in [0.29, 0.717) is 16.7 Å². The first-order valence-electron chi connectivity index (χ1n) is 5.24. The number of hydrogen-bond acceptors (Lipinski definition) is 3. The minimum absolute atomic E-state index is 0.273. The van der Waals surface area contributed by atoms with E-state index in [-0.39, 0.29) is 12.2 Å². The van der Waals surface area contributed by atoms with Gasteiger partial charge in [0, 0.05) is 11.1 Å². The monoisotopic (exact) mass is 233 g/mol. The lowest BCUT2D eigenvalue weighted by Crippen LogP contribution is -2.16. The van der Waals surface area contributed by atoms with E-state index < -0.39 is 11.9 Å². The molecule has 90 valence electrons. The van der Waals surface area contributed by atoms with Crippen LogP contribution in [0.2, 0.25) is 0 Å². The van der Waals surface area contributed by atoms with Crippen LogP contribution in [0.3, 0.4) is 0 Å². The van der Waals surface area contributed by atoms with E-state index in [1.54, 1.807) is 32.0 Å². The number of primary amides is 1. The van der Waals surface area contributed by atoms with Gasteiger partial charge in [0.15, 0.2) is 0 Å². The molecule has 0 atom stereocenters. The lowest BCUT2D eigenvalue weighted by atomic mass is 9.95. The van der Waals surface area contributed by atoms with E-state index in [4.69, 9.17) is 10.5 Å². The van der Waals surface area contributed by atoms with Gasteiger partial charge >= 0.3 is 5.97 Å². The van der Waals surface area contributed by atoms with Crippen molar-refractivity contribution in [3.63, 3.8) is 0 Å². The molecule has 0 heterocycles. The molecule has 0 radical (unpaired) electrons. The van der Waals surface area contributed by atoms with Crippen molar-refractivity contribution in [3.8, 4) is 0 Å². The molecule has 0 aliphatic carbocycles. The smallest absolute Gasteiger partial charge is 0.338 e. The van der Waals surface area contributed by atoms with Crippen molar-refractivity contribution in [3.05, 3.63) is 41.5 Å². The summed E-state index contributed by atoms with van der Waals surface area (Å²) in [4.78, 5) is 23.0. The van der Waals surface area contributed by atoms with Crippen molar-refractivity contribution in [2.45, 2.75) is 13.8 Å². The molecule has 4 nitrogen and oxygen atoms in total. The van der Waals surface area contributed by atoms with Gasteiger partial charge in [0.05, 0.1) is 12.2 Å². The third-order valence-corrected chi connectivity index (χ3v) is 2.25. The Labute approximate surface area is 100 Å². The standard InChI is InChI=1S/C13H15NO3/c1-4-17-13(16)10-7-5-6-9(12(14)15)11(10)8(2)3/h5-7H,2,4H2,1,3H3,(H2,14,15). The number of benzene rings is 1. The maximum absolute atomic E-state index is 11.7. The highest BCUT2D eigenvalue weighted by molar-refractivity contribution is 6.04. The molecule has 17 heavy (non-hydrogen) atoms. The largest absolute Gasteiger partial charge is 0.462 e. The molecule has 1 aromatic carbocycles. The summed E-state index contributed by atoms with van der Waals surface area (Å²) in [5.41, 5.74) is 6.92. The Morgan fingerprint density at radius 3 is 2.41 bits per heavy atom. The minimum atomic E-state index is -0.589. The van der Waals surface area contributed by atoms with Crippen molar-refractivity contribution < 1.29 is 14.3 Å². The van der Waals surface area contributed by atoms with Crippen molar-refractivity contribution in [2.75, 3.05) is 6.61 Å². The minimum Gasteiger partial charge on any atom is -0.462 e. The van der Waals surface area contributed by atoms with Gasteiger partial charge in [-0.2, -0.15) is 0 Å². The molecule has 0 aromatic heterocycles. The van der Waals surface area contributed by atoms with Crippen molar-refractivity contribution >= 4 is 17.4 Å². The molecule has 1 amide bonds. The molecule has 4 heteroatoms. The zero-order chi connectivity index (χ0) is 13.0. The van der Waals surface area contributed by atoms with Gasteiger partial charge in [-0.3, -0.25) is 4.79 Å². The zero-order valence-electron chi connectivity index (χ0n) is 9.95. The molecule has 1 rings (SSSR count). The molecule has 0 aliphatic rings. The third-order valence-electron chi connectivity index (χ3n) is 2.25. The molecular formula is C13H15NO3. The van der Waals surface area contributed by atoms with Crippen LogP contribution < -0.4 is 5.73 Å². The number of carbonyl (C=O) groups excluding carboxylic acids is 2. The van der Waals surface area contributed by atoms with E-state index in [2.05, 4.69) is 6.58 Å². The average molecular weight is 233 g/mol. The topological polar surface area (TPSA) is 69.4 Å². The summed E-state index contributed by atoms with van der Waals surface area (Å²) in [5, 5.41) is 0. The summed E-state index contributed by atoms with van der Waals surface area (Å²) < 4.78 is 4.92.